The lowest BCUT2D eigenvalue weighted by atomic mass is 9.90. The summed E-state index contributed by atoms with van der Waals surface area (Å²) in [5, 5.41) is 9.31. The van der Waals surface area contributed by atoms with Gasteiger partial charge in [0.1, 0.15) is 5.75 Å². The highest BCUT2D eigenvalue weighted by atomic mass is 19.4. The molecule has 124 valence electrons. The number of nitrogens with zero attached hydrogens (tertiary/aromatic N) is 1. The maximum absolute atomic E-state index is 12.5. The Morgan fingerprint density at radius 2 is 1.82 bits per heavy atom. The van der Waals surface area contributed by atoms with Crippen LogP contribution in [-0.2, 0) is 6.54 Å². The predicted octanol–water partition coefficient (Wildman–Crippen LogP) is 3.22. The van der Waals surface area contributed by atoms with Crippen molar-refractivity contribution < 1.29 is 23.0 Å². The second kappa shape index (κ2) is 7.33. The number of alkyl halides is 3. The fraction of sp³-hybridized carbons (Fsp3) is 0.625. The molecule has 0 aromatic heterocycles. The number of aliphatic hydroxyl groups excluding tert-OH is 1. The molecule has 1 aromatic carbocycles. The van der Waals surface area contributed by atoms with Gasteiger partial charge in [0.15, 0.2) is 6.10 Å². The summed E-state index contributed by atoms with van der Waals surface area (Å²) in [6.07, 6.45) is -5.96. The average Bonchev–Trinajstić information content (AvgIpc) is 2.49. The van der Waals surface area contributed by atoms with Crippen LogP contribution in [0.3, 0.4) is 0 Å². The smallest absolute Gasteiger partial charge is 0.414 e. The van der Waals surface area contributed by atoms with Gasteiger partial charge in [0, 0.05) is 6.54 Å². The predicted molar refractivity (Wildman–Crippen MR) is 77.7 cm³/mol. The third-order valence-electron chi connectivity index (χ3n) is 4.05. The van der Waals surface area contributed by atoms with Crippen LogP contribution in [0.15, 0.2) is 24.3 Å². The van der Waals surface area contributed by atoms with Gasteiger partial charge in [-0.15, -0.1) is 0 Å². The number of likely N-dealkylation sites (tertiary alicyclic amines) is 1. The van der Waals surface area contributed by atoms with Gasteiger partial charge in [-0.3, -0.25) is 4.90 Å². The molecular weight excluding hydrogens is 295 g/mol. The quantitative estimate of drug-likeness (QED) is 0.905. The molecule has 2 rings (SSSR count). The summed E-state index contributed by atoms with van der Waals surface area (Å²) in [6, 6.07) is 7.75. The van der Waals surface area contributed by atoms with Crippen LogP contribution in [0.5, 0.6) is 5.75 Å². The molecule has 3 nitrogen and oxygen atoms in total. The third kappa shape index (κ3) is 4.61. The van der Waals surface area contributed by atoms with Gasteiger partial charge in [0.25, 0.3) is 0 Å². The van der Waals surface area contributed by atoms with Crippen molar-refractivity contribution in [3.63, 3.8) is 0 Å². The van der Waals surface area contributed by atoms with Gasteiger partial charge in [-0.2, -0.15) is 13.2 Å². The Kier molecular flexibility index (Phi) is 5.69. The molecule has 0 radical (unpaired) electrons. The molecular formula is C16H22F3NO2. The van der Waals surface area contributed by atoms with Crippen molar-refractivity contribution in [2.24, 2.45) is 5.92 Å². The summed E-state index contributed by atoms with van der Waals surface area (Å²) in [7, 11) is 0. The summed E-state index contributed by atoms with van der Waals surface area (Å²) in [4.78, 5) is 2.12. The number of ether oxygens (including phenoxy) is 1. The second-order valence-electron chi connectivity index (χ2n) is 5.68. The highest BCUT2D eigenvalue weighted by Gasteiger charge is 2.44. The average molecular weight is 317 g/mol. The monoisotopic (exact) mass is 317 g/mol. The van der Waals surface area contributed by atoms with E-state index in [1.54, 1.807) is 0 Å². The fourth-order valence-electron chi connectivity index (χ4n) is 2.81. The van der Waals surface area contributed by atoms with Crippen LogP contribution in [-0.4, -0.2) is 42.0 Å². The van der Waals surface area contributed by atoms with E-state index in [0.29, 0.717) is 39.1 Å². The first-order chi connectivity index (χ1) is 10.4. The van der Waals surface area contributed by atoms with E-state index in [0.717, 1.165) is 11.3 Å². The molecule has 0 aliphatic carbocycles. The van der Waals surface area contributed by atoms with Gasteiger partial charge in [0.2, 0.25) is 0 Å². The van der Waals surface area contributed by atoms with E-state index in [2.05, 4.69) is 4.90 Å². The van der Waals surface area contributed by atoms with Crippen LogP contribution in [0.2, 0.25) is 0 Å². The van der Waals surface area contributed by atoms with Crippen molar-refractivity contribution in [2.75, 3.05) is 19.7 Å². The molecule has 1 unspecified atom stereocenters. The van der Waals surface area contributed by atoms with E-state index in [-0.39, 0.29) is 0 Å². The van der Waals surface area contributed by atoms with Crippen molar-refractivity contribution in [3.8, 4) is 5.75 Å². The molecule has 0 spiro atoms. The molecule has 1 aliphatic heterocycles. The molecule has 0 bridgehead atoms. The molecule has 0 amide bonds. The molecule has 6 heteroatoms. The van der Waals surface area contributed by atoms with Crippen molar-refractivity contribution in [1.29, 1.82) is 0 Å². The zero-order valence-electron chi connectivity index (χ0n) is 12.6. The third-order valence-corrected chi connectivity index (χ3v) is 4.05. The first-order valence-electron chi connectivity index (χ1n) is 7.59. The Bertz CT molecular complexity index is 453. The molecule has 1 aromatic rings. The summed E-state index contributed by atoms with van der Waals surface area (Å²) < 4.78 is 42.9. The number of halogens is 3. The summed E-state index contributed by atoms with van der Waals surface area (Å²) >= 11 is 0. The minimum atomic E-state index is -4.51. The first kappa shape index (κ1) is 17.1. The Balaban J connectivity index is 1.82. The lowest BCUT2D eigenvalue weighted by molar-refractivity contribution is -0.223. The zero-order valence-corrected chi connectivity index (χ0v) is 12.6. The van der Waals surface area contributed by atoms with Crippen LogP contribution in [0.4, 0.5) is 13.2 Å². The number of hydrogen-bond acceptors (Lipinski definition) is 3. The van der Waals surface area contributed by atoms with E-state index in [9.17, 15) is 18.3 Å². The first-order valence-corrected chi connectivity index (χ1v) is 7.59. The van der Waals surface area contributed by atoms with E-state index in [4.69, 9.17) is 4.74 Å². The summed E-state index contributed by atoms with van der Waals surface area (Å²) in [5.41, 5.74) is 1.11. The minimum absolute atomic E-state index is 0.373. The van der Waals surface area contributed by atoms with Crippen LogP contribution < -0.4 is 4.74 Å². The standard InChI is InChI=1S/C16H22F3NO2/c1-2-22-14-5-3-12(4-6-14)11-20-9-7-13(8-10-20)15(21)16(17,18)19/h3-6,13,15,21H,2,7-11H2,1H3. The van der Waals surface area contributed by atoms with Gasteiger partial charge >= 0.3 is 6.18 Å². The zero-order chi connectivity index (χ0) is 16.2. The lowest BCUT2D eigenvalue weighted by Crippen LogP contribution is -2.43. The maximum atomic E-state index is 12.5. The van der Waals surface area contributed by atoms with Gasteiger partial charge in [-0.1, -0.05) is 12.1 Å². The molecule has 1 heterocycles. The SMILES string of the molecule is CCOc1ccc(CN2CCC(C(O)C(F)(F)F)CC2)cc1. The summed E-state index contributed by atoms with van der Waals surface area (Å²) in [5.74, 6) is 0.134. The molecule has 22 heavy (non-hydrogen) atoms. The Labute approximate surface area is 128 Å². The van der Waals surface area contributed by atoms with Crippen LogP contribution in [0.1, 0.15) is 25.3 Å². The largest absolute Gasteiger partial charge is 0.494 e. The maximum Gasteiger partial charge on any atom is 0.414 e. The van der Waals surface area contributed by atoms with Crippen LogP contribution in [0, 0.1) is 5.92 Å². The van der Waals surface area contributed by atoms with E-state index in [1.807, 2.05) is 31.2 Å². The van der Waals surface area contributed by atoms with Crippen LogP contribution >= 0.6 is 0 Å². The summed E-state index contributed by atoms with van der Waals surface area (Å²) in [6.45, 7) is 4.40. The minimum Gasteiger partial charge on any atom is -0.494 e. The molecule has 1 aliphatic rings. The van der Waals surface area contributed by atoms with Gasteiger partial charge in [-0.05, 0) is 56.5 Å². The lowest BCUT2D eigenvalue weighted by Gasteiger charge is -2.34. The van der Waals surface area contributed by atoms with Gasteiger partial charge < -0.3 is 9.84 Å². The van der Waals surface area contributed by atoms with E-state index in [1.165, 1.54) is 0 Å². The number of benzene rings is 1. The number of piperidine rings is 1. The molecule has 1 fully saturated rings. The molecule has 1 atom stereocenters. The van der Waals surface area contributed by atoms with E-state index < -0.39 is 18.2 Å². The topological polar surface area (TPSA) is 32.7 Å². The number of aliphatic hydroxyl groups is 1. The Morgan fingerprint density at radius 3 is 2.32 bits per heavy atom. The van der Waals surface area contributed by atoms with Crippen molar-refractivity contribution >= 4 is 0 Å². The Hall–Kier alpha value is -1.27. The van der Waals surface area contributed by atoms with Crippen LogP contribution in [0.25, 0.3) is 0 Å². The number of rotatable bonds is 5. The van der Waals surface area contributed by atoms with Gasteiger partial charge in [0.05, 0.1) is 6.61 Å². The van der Waals surface area contributed by atoms with Crippen molar-refractivity contribution in [3.05, 3.63) is 29.8 Å². The molecule has 1 N–H and O–H groups in total. The molecule has 0 saturated carbocycles. The number of hydrogen-bond donors (Lipinski definition) is 1. The van der Waals surface area contributed by atoms with Crippen molar-refractivity contribution in [2.45, 2.75) is 38.6 Å². The molecule has 1 saturated heterocycles. The Morgan fingerprint density at radius 1 is 1.23 bits per heavy atom. The van der Waals surface area contributed by atoms with E-state index >= 15 is 0 Å². The van der Waals surface area contributed by atoms with Gasteiger partial charge in [-0.25, -0.2) is 0 Å². The highest BCUT2D eigenvalue weighted by Crippen LogP contribution is 2.31. The second-order valence-corrected chi connectivity index (χ2v) is 5.68. The normalized spacial score (nSPS) is 19.1. The fourth-order valence-corrected chi connectivity index (χ4v) is 2.81. The highest BCUT2D eigenvalue weighted by molar-refractivity contribution is 5.27. The van der Waals surface area contributed by atoms with Crippen molar-refractivity contribution in [1.82, 2.24) is 4.90 Å².